The number of nitrogens with zero attached hydrogens (tertiary/aromatic N) is 4. The van der Waals surface area contributed by atoms with Gasteiger partial charge < -0.3 is 5.73 Å². The topological polar surface area (TPSA) is 77.6 Å². The Labute approximate surface area is 81.1 Å². The minimum atomic E-state index is 0.545. The Morgan fingerprint density at radius 2 is 1.79 bits per heavy atom. The largest absolute Gasteiger partial charge is 0.396 e. The number of rotatable bonds is 1. The van der Waals surface area contributed by atoms with Crippen LogP contribution in [-0.2, 0) is 0 Å². The molecule has 0 bridgehead atoms. The molecule has 0 atom stereocenters. The summed E-state index contributed by atoms with van der Waals surface area (Å²) in [5.74, 6) is 0.595. The summed E-state index contributed by atoms with van der Waals surface area (Å²) in [6, 6.07) is 0. The van der Waals surface area contributed by atoms with Crippen LogP contribution in [0.5, 0.6) is 0 Å². The van der Waals surface area contributed by atoms with Crippen molar-refractivity contribution in [2.24, 2.45) is 0 Å². The van der Waals surface area contributed by atoms with Gasteiger partial charge in [0, 0.05) is 6.20 Å². The monoisotopic (exact) mass is 187 g/mol. The average Bonchev–Trinajstić information content (AvgIpc) is 2.20. The van der Waals surface area contributed by atoms with E-state index in [1.54, 1.807) is 18.6 Å². The molecule has 0 aliphatic rings. The van der Waals surface area contributed by atoms with E-state index in [9.17, 15) is 0 Å². The van der Waals surface area contributed by atoms with Gasteiger partial charge in [-0.3, -0.25) is 0 Å². The molecule has 2 heterocycles. The minimum Gasteiger partial charge on any atom is -0.396 e. The summed E-state index contributed by atoms with van der Waals surface area (Å²) in [6.07, 6.45) is 6.31. The number of aromatic nitrogens is 4. The van der Waals surface area contributed by atoms with Crippen molar-refractivity contribution in [3.05, 3.63) is 30.6 Å². The maximum Gasteiger partial charge on any atom is 0.162 e. The van der Waals surface area contributed by atoms with Gasteiger partial charge in [-0.1, -0.05) is 0 Å². The zero-order valence-corrected chi connectivity index (χ0v) is 7.68. The third-order valence-corrected chi connectivity index (χ3v) is 1.82. The van der Waals surface area contributed by atoms with Crippen molar-refractivity contribution in [1.29, 1.82) is 0 Å². The first-order valence-electron chi connectivity index (χ1n) is 4.12. The third kappa shape index (κ3) is 1.52. The lowest BCUT2D eigenvalue weighted by molar-refractivity contribution is 1.07. The van der Waals surface area contributed by atoms with Crippen LogP contribution in [0.15, 0.2) is 24.9 Å². The van der Waals surface area contributed by atoms with Crippen LogP contribution in [0, 0.1) is 6.92 Å². The Hall–Kier alpha value is -2.04. The Balaban J connectivity index is 2.50. The van der Waals surface area contributed by atoms with Crippen LogP contribution in [0.25, 0.3) is 11.4 Å². The first kappa shape index (κ1) is 8.55. The van der Waals surface area contributed by atoms with Crippen LogP contribution >= 0.6 is 0 Å². The number of anilines is 1. The Morgan fingerprint density at radius 1 is 1.07 bits per heavy atom. The van der Waals surface area contributed by atoms with Crippen LogP contribution in [0.1, 0.15) is 5.69 Å². The average molecular weight is 187 g/mol. The molecule has 0 aliphatic heterocycles. The number of nitrogen functional groups attached to an aromatic ring is 1. The molecule has 0 spiro atoms. The van der Waals surface area contributed by atoms with Gasteiger partial charge in [0.25, 0.3) is 0 Å². The normalized spacial score (nSPS) is 10.1. The molecule has 0 unspecified atom stereocenters. The highest BCUT2D eigenvalue weighted by Gasteiger charge is 2.04. The molecule has 2 aromatic rings. The highest BCUT2D eigenvalue weighted by molar-refractivity contribution is 5.56. The van der Waals surface area contributed by atoms with E-state index in [0.29, 0.717) is 11.5 Å². The van der Waals surface area contributed by atoms with Gasteiger partial charge in [-0.25, -0.2) is 19.9 Å². The molecule has 0 aliphatic carbocycles. The second kappa shape index (κ2) is 3.37. The molecule has 0 fully saturated rings. The molecular weight excluding hydrogens is 178 g/mol. The van der Waals surface area contributed by atoms with Crippen LogP contribution in [0.4, 0.5) is 5.69 Å². The summed E-state index contributed by atoms with van der Waals surface area (Å²) in [6.45, 7) is 1.89. The van der Waals surface area contributed by atoms with Crippen LogP contribution in [0.3, 0.4) is 0 Å². The van der Waals surface area contributed by atoms with E-state index in [4.69, 9.17) is 5.73 Å². The molecule has 5 nitrogen and oxygen atoms in total. The van der Waals surface area contributed by atoms with E-state index in [2.05, 4.69) is 19.9 Å². The highest BCUT2D eigenvalue weighted by Crippen LogP contribution is 2.15. The van der Waals surface area contributed by atoms with Crippen molar-refractivity contribution in [2.75, 3.05) is 5.73 Å². The van der Waals surface area contributed by atoms with Crippen LogP contribution < -0.4 is 5.73 Å². The first-order chi connectivity index (χ1) is 6.77. The number of hydrogen-bond acceptors (Lipinski definition) is 5. The summed E-state index contributed by atoms with van der Waals surface area (Å²) >= 11 is 0. The van der Waals surface area contributed by atoms with Crippen molar-refractivity contribution in [3.8, 4) is 11.4 Å². The van der Waals surface area contributed by atoms with Crippen LogP contribution in [0.2, 0.25) is 0 Å². The van der Waals surface area contributed by atoms with E-state index in [1.165, 1.54) is 6.33 Å². The molecule has 2 rings (SSSR count). The van der Waals surface area contributed by atoms with Gasteiger partial charge >= 0.3 is 0 Å². The van der Waals surface area contributed by atoms with Gasteiger partial charge in [0.05, 0.1) is 29.3 Å². The Bertz CT molecular complexity index is 437. The Morgan fingerprint density at radius 3 is 2.43 bits per heavy atom. The molecule has 0 radical (unpaired) electrons. The van der Waals surface area contributed by atoms with Crippen molar-refractivity contribution < 1.29 is 0 Å². The summed E-state index contributed by atoms with van der Waals surface area (Å²) in [5, 5.41) is 0. The maximum absolute atomic E-state index is 5.49. The molecule has 2 N–H and O–H groups in total. The lowest BCUT2D eigenvalue weighted by Crippen LogP contribution is -1.95. The predicted molar refractivity (Wildman–Crippen MR) is 52.2 cm³/mol. The SMILES string of the molecule is Cc1ncncc1-c1ncc(N)cn1. The molecule has 5 heteroatoms. The van der Waals surface area contributed by atoms with Crippen molar-refractivity contribution in [2.45, 2.75) is 6.92 Å². The summed E-state index contributed by atoms with van der Waals surface area (Å²) < 4.78 is 0. The predicted octanol–water partition coefficient (Wildman–Crippen LogP) is 0.824. The standard InChI is InChI=1S/C9H9N5/c1-6-8(4-11-5-14-6)9-12-2-7(10)3-13-9/h2-5H,10H2,1H3. The summed E-state index contributed by atoms with van der Waals surface area (Å²) in [4.78, 5) is 16.2. The maximum atomic E-state index is 5.49. The molecule has 0 aromatic carbocycles. The van der Waals surface area contributed by atoms with Gasteiger partial charge in [0.2, 0.25) is 0 Å². The van der Waals surface area contributed by atoms with Crippen molar-refractivity contribution >= 4 is 5.69 Å². The molecule has 0 amide bonds. The summed E-state index contributed by atoms with van der Waals surface area (Å²) in [7, 11) is 0. The fraction of sp³-hybridized carbons (Fsp3) is 0.111. The quantitative estimate of drug-likeness (QED) is 0.715. The van der Waals surface area contributed by atoms with Gasteiger partial charge in [0.15, 0.2) is 5.82 Å². The van der Waals surface area contributed by atoms with Gasteiger partial charge in [0.1, 0.15) is 6.33 Å². The van der Waals surface area contributed by atoms with Crippen LogP contribution in [-0.4, -0.2) is 19.9 Å². The van der Waals surface area contributed by atoms with Gasteiger partial charge in [-0.15, -0.1) is 0 Å². The number of aryl methyl sites for hydroxylation is 1. The molecule has 0 saturated heterocycles. The molecule has 0 saturated carbocycles. The fourth-order valence-corrected chi connectivity index (χ4v) is 1.09. The number of hydrogen-bond donors (Lipinski definition) is 1. The fourth-order valence-electron chi connectivity index (χ4n) is 1.09. The lowest BCUT2D eigenvalue weighted by Gasteiger charge is -2.01. The Kier molecular flexibility index (Phi) is 2.06. The van der Waals surface area contributed by atoms with Crippen molar-refractivity contribution in [3.63, 3.8) is 0 Å². The molecule has 2 aromatic heterocycles. The zero-order valence-electron chi connectivity index (χ0n) is 7.68. The second-order valence-electron chi connectivity index (χ2n) is 2.86. The molecular formula is C9H9N5. The first-order valence-corrected chi connectivity index (χ1v) is 4.12. The summed E-state index contributed by atoms with van der Waals surface area (Å²) in [5.41, 5.74) is 7.71. The molecule has 70 valence electrons. The van der Waals surface area contributed by atoms with E-state index in [-0.39, 0.29) is 0 Å². The van der Waals surface area contributed by atoms with Crippen molar-refractivity contribution in [1.82, 2.24) is 19.9 Å². The zero-order chi connectivity index (χ0) is 9.97. The van der Waals surface area contributed by atoms with Gasteiger partial charge in [-0.05, 0) is 6.92 Å². The van der Waals surface area contributed by atoms with E-state index in [1.807, 2.05) is 6.92 Å². The van der Waals surface area contributed by atoms with E-state index in [0.717, 1.165) is 11.3 Å². The smallest absolute Gasteiger partial charge is 0.162 e. The lowest BCUT2D eigenvalue weighted by atomic mass is 10.2. The van der Waals surface area contributed by atoms with E-state index >= 15 is 0 Å². The van der Waals surface area contributed by atoms with E-state index < -0.39 is 0 Å². The molecule has 14 heavy (non-hydrogen) atoms. The second-order valence-corrected chi connectivity index (χ2v) is 2.86. The number of nitrogens with two attached hydrogens (primary N) is 1. The highest BCUT2D eigenvalue weighted by atomic mass is 14.9. The minimum absolute atomic E-state index is 0.545. The third-order valence-electron chi connectivity index (χ3n) is 1.82. The van der Waals surface area contributed by atoms with Gasteiger partial charge in [-0.2, -0.15) is 0 Å².